The summed E-state index contributed by atoms with van der Waals surface area (Å²) in [7, 11) is 1.72. The maximum absolute atomic E-state index is 14.4. The minimum Gasteiger partial charge on any atom is -0.406 e. The number of ether oxygens (including phenoxy) is 1. The van der Waals surface area contributed by atoms with Crippen molar-refractivity contribution in [1.29, 1.82) is 0 Å². The van der Waals surface area contributed by atoms with Gasteiger partial charge in [-0.25, -0.2) is 9.98 Å². The van der Waals surface area contributed by atoms with E-state index in [0.717, 1.165) is 0 Å². The number of alkyl halides is 3. The molecule has 2 heterocycles. The Morgan fingerprint density at radius 2 is 1.82 bits per heavy atom. The first-order chi connectivity index (χ1) is 15.7. The standard InChI is InChI=1S/C23H18F4N4OS/c1-31-19(13-33)22(30-21(31)28,15-7-9-17(10-8-15)32-23(25,26)27)16-5-2-4-14(12-16)18-6-3-11-29-20(18)24/h2-13,19H,1H3,(H2,28,30). The van der Waals surface area contributed by atoms with Crippen molar-refractivity contribution in [1.82, 2.24) is 9.88 Å². The molecular formula is C23H18F4N4OS. The zero-order valence-corrected chi connectivity index (χ0v) is 18.1. The van der Waals surface area contributed by atoms with Crippen LogP contribution in [0.15, 0.2) is 71.9 Å². The Kier molecular flexibility index (Phi) is 5.79. The molecule has 0 saturated carbocycles. The highest BCUT2D eigenvalue weighted by Gasteiger charge is 2.49. The van der Waals surface area contributed by atoms with Crippen molar-refractivity contribution in [2.75, 3.05) is 7.05 Å². The molecule has 1 aliphatic heterocycles. The molecule has 0 amide bonds. The molecule has 3 aromatic rings. The Labute approximate surface area is 192 Å². The lowest BCUT2D eigenvalue weighted by Crippen LogP contribution is -2.46. The highest BCUT2D eigenvalue weighted by Crippen LogP contribution is 2.44. The van der Waals surface area contributed by atoms with Crippen LogP contribution in [0.1, 0.15) is 11.1 Å². The van der Waals surface area contributed by atoms with E-state index >= 15 is 0 Å². The van der Waals surface area contributed by atoms with Crippen molar-refractivity contribution in [2.24, 2.45) is 10.7 Å². The molecule has 10 heteroatoms. The van der Waals surface area contributed by atoms with Crippen LogP contribution < -0.4 is 10.5 Å². The third kappa shape index (κ3) is 4.13. The predicted molar refractivity (Wildman–Crippen MR) is 120 cm³/mol. The van der Waals surface area contributed by atoms with Gasteiger partial charge >= 0.3 is 6.36 Å². The summed E-state index contributed by atoms with van der Waals surface area (Å²) in [4.78, 5) is 10.1. The van der Waals surface area contributed by atoms with Crippen molar-refractivity contribution >= 4 is 23.5 Å². The summed E-state index contributed by atoms with van der Waals surface area (Å²) in [5.74, 6) is -0.792. The second kappa shape index (κ2) is 8.43. The van der Waals surface area contributed by atoms with Crippen LogP contribution in [0.3, 0.4) is 0 Å². The second-order valence-electron chi connectivity index (χ2n) is 7.42. The summed E-state index contributed by atoms with van der Waals surface area (Å²) in [6.45, 7) is 0. The maximum Gasteiger partial charge on any atom is 0.573 e. The number of nitrogens with two attached hydrogens (primary N) is 1. The highest BCUT2D eigenvalue weighted by atomic mass is 32.1. The van der Waals surface area contributed by atoms with Crippen LogP contribution in [0.25, 0.3) is 11.1 Å². The fourth-order valence-corrected chi connectivity index (χ4v) is 4.39. The third-order valence-electron chi connectivity index (χ3n) is 5.53. The van der Waals surface area contributed by atoms with Crippen LogP contribution in [0.4, 0.5) is 17.6 Å². The summed E-state index contributed by atoms with van der Waals surface area (Å²) in [5, 5.41) is 1.50. The van der Waals surface area contributed by atoms with E-state index in [9.17, 15) is 17.6 Å². The third-order valence-corrected chi connectivity index (χ3v) is 5.79. The monoisotopic (exact) mass is 474 g/mol. The Morgan fingerprint density at radius 3 is 2.45 bits per heavy atom. The molecule has 0 saturated heterocycles. The van der Waals surface area contributed by atoms with Gasteiger partial charge in [-0.3, -0.25) is 0 Å². The summed E-state index contributed by atoms with van der Waals surface area (Å²) in [6, 6.07) is 15.1. The first kappa shape index (κ1) is 22.7. The molecule has 170 valence electrons. The topological polar surface area (TPSA) is 63.7 Å². The van der Waals surface area contributed by atoms with Crippen LogP contribution in [0.5, 0.6) is 5.75 Å². The molecule has 0 bridgehead atoms. The minimum absolute atomic E-state index is 0.203. The first-order valence-corrected chi connectivity index (χ1v) is 10.2. The van der Waals surface area contributed by atoms with Crippen molar-refractivity contribution < 1.29 is 22.3 Å². The molecule has 0 fully saturated rings. The Bertz CT molecular complexity index is 1220. The van der Waals surface area contributed by atoms with Gasteiger partial charge in [0, 0.05) is 24.2 Å². The number of halogens is 4. The van der Waals surface area contributed by atoms with Crippen LogP contribution in [-0.2, 0) is 5.54 Å². The Morgan fingerprint density at radius 1 is 1.09 bits per heavy atom. The lowest BCUT2D eigenvalue weighted by atomic mass is 9.77. The van der Waals surface area contributed by atoms with Crippen LogP contribution in [-0.4, -0.2) is 40.7 Å². The van der Waals surface area contributed by atoms with E-state index in [-0.39, 0.29) is 11.7 Å². The van der Waals surface area contributed by atoms with Gasteiger partial charge in [-0.05, 0) is 47.0 Å². The number of thiocarbonyl (C=S) groups is 1. The summed E-state index contributed by atoms with van der Waals surface area (Å²) in [5.41, 5.74) is 7.00. The van der Waals surface area contributed by atoms with Crippen molar-refractivity contribution in [2.45, 2.75) is 17.9 Å². The van der Waals surface area contributed by atoms with E-state index in [4.69, 9.17) is 22.9 Å². The highest BCUT2D eigenvalue weighted by molar-refractivity contribution is 7.79. The van der Waals surface area contributed by atoms with Gasteiger partial charge in [0.15, 0.2) is 5.96 Å². The van der Waals surface area contributed by atoms with Gasteiger partial charge in [-0.2, -0.15) is 4.39 Å². The smallest absolute Gasteiger partial charge is 0.406 e. The SMILES string of the molecule is CN1C(N)=NC(c2ccc(OC(F)(F)F)cc2)(c2cccc(-c3cccnc3F)c2)C1C=S. The van der Waals surface area contributed by atoms with Crippen molar-refractivity contribution in [3.63, 3.8) is 0 Å². The molecule has 33 heavy (non-hydrogen) atoms. The fourth-order valence-electron chi connectivity index (χ4n) is 4.01. The number of aliphatic imine (C=N–C) groups is 1. The number of hydrogen-bond acceptors (Lipinski definition) is 6. The summed E-state index contributed by atoms with van der Waals surface area (Å²) in [6.07, 6.45) is -3.46. The summed E-state index contributed by atoms with van der Waals surface area (Å²) < 4.78 is 56.2. The molecule has 0 radical (unpaired) electrons. The summed E-state index contributed by atoms with van der Waals surface area (Å²) >= 11 is 5.30. The maximum atomic E-state index is 14.4. The second-order valence-corrected chi connectivity index (χ2v) is 7.70. The van der Waals surface area contributed by atoms with Crippen molar-refractivity contribution in [3.05, 3.63) is 83.9 Å². The van der Waals surface area contributed by atoms with Gasteiger partial charge < -0.3 is 15.4 Å². The number of aromatic nitrogens is 1. The first-order valence-electron chi connectivity index (χ1n) is 9.77. The number of benzene rings is 2. The quantitative estimate of drug-likeness (QED) is 0.331. The lowest BCUT2D eigenvalue weighted by Gasteiger charge is -2.34. The lowest BCUT2D eigenvalue weighted by molar-refractivity contribution is -0.274. The molecule has 0 aliphatic carbocycles. The zero-order valence-electron chi connectivity index (χ0n) is 17.3. The zero-order chi connectivity index (χ0) is 23.8. The van der Waals surface area contributed by atoms with Crippen LogP contribution in [0.2, 0.25) is 0 Å². The van der Waals surface area contributed by atoms with E-state index in [2.05, 4.69) is 9.72 Å². The van der Waals surface area contributed by atoms with E-state index < -0.39 is 23.9 Å². The minimum atomic E-state index is -4.81. The normalized spacial score (nSPS) is 20.5. The molecule has 1 aliphatic rings. The Hall–Kier alpha value is -3.53. The molecule has 2 aromatic carbocycles. The van der Waals surface area contributed by atoms with E-state index in [1.807, 2.05) is 0 Å². The molecule has 0 spiro atoms. The van der Waals surface area contributed by atoms with Gasteiger partial charge in [0.2, 0.25) is 5.95 Å². The molecule has 2 N–H and O–H groups in total. The number of nitrogens with zero attached hydrogens (tertiary/aromatic N) is 3. The molecular weight excluding hydrogens is 456 g/mol. The number of pyridine rings is 1. The number of likely N-dealkylation sites (N-methyl/N-ethyl adjacent to an activating group) is 1. The Balaban J connectivity index is 1.89. The molecule has 2 atom stereocenters. The molecule has 1 aromatic heterocycles. The van der Waals surface area contributed by atoms with Crippen LogP contribution >= 0.6 is 12.2 Å². The number of hydrogen-bond donors (Lipinski definition) is 1. The van der Waals surface area contributed by atoms with Gasteiger partial charge in [-0.1, -0.05) is 42.5 Å². The fraction of sp³-hybridized carbons (Fsp3) is 0.174. The molecule has 4 rings (SSSR count). The number of rotatable bonds is 5. The van der Waals surface area contributed by atoms with E-state index in [1.165, 1.54) is 35.8 Å². The van der Waals surface area contributed by atoms with Crippen LogP contribution in [0, 0.1) is 5.95 Å². The molecule has 2 unspecified atom stereocenters. The van der Waals surface area contributed by atoms with Crippen molar-refractivity contribution in [3.8, 4) is 16.9 Å². The number of guanidine groups is 1. The largest absolute Gasteiger partial charge is 0.573 e. The van der Waals surface area contributed by atoms with Gasteiger partial charge in [0.05, 0.1) is 6.04 Å². The average Bonchev–Trinajstić information content (AvgIpc) is 3.04. The van der Waals surface area contributed by atoms with Gasteiger partial charge in [0.25, 0.3) is 0 Å². The predicted octanol–water partition coefficient (Wildman–Crippen LogP) is 4.66. The van der Waals surface area contributed by atoms with E-state index in [0.29, 0.717) is 22.3 Å². The average molecular weight is 474 g/mol. The van der Waals surface area contributed by atoms with Gasteiger partial charge in [0.1, 0.15) is 11.3 Å². The molecule has 5 nitrogen and oxygen atoms in total. The van der Waals surface area contributed by atoms with Gasteiger partial charge in [-0.15, -0.1) is 13.2 Å². The van der Waals surface area contributed by atoms with E-state index in [1.54, 1.807) is 48.3 Å².